The minimum absolute atomic E-state index is 0. The van der Waals surface area contributed by atoms with Gasteiger partial charge in [0, 0.05) is 6.54 Å². The summed E-state index contributed by atoms with van der Waals surface area (Å²) < 4.78 is 0. The highest BCUT2D eigenvalue weighted by atomic mass is 35.5. The van der Waals surface area contributed by atoms with Crippen LogP contribution in [0.4, 0.5) is 0 Å². The summed E-state index contributed by atoms with van der Waals surface area (Å²) >= 11 is 0. The summed E-state index contributed by atoms with van der Waals surface area (Å²) in [5, 5.41) is 8.03. The van der Waals surface area contributed by atoms with Crippen LogP contribution >= 0.6 is 12.4 Å². The van der Waals surface area contributed by atoms with Crippen LogP contribution in [0.3, 0.4) is 0 Å². The van der Waals surface area contributed by atoms with Gasteiger partial charge < -0.3 is 5.21 Å². The van der Waals surface area contributed by atoms with Crippen molar-refractivity contribution >= 4 is 12.4 Å². The Labute approximate surface area is 60.9 Å². The molecule has 9 heavy (non-hydrogen) atoms. The number of nitrogens with two attached hydrogens (primary N) is 2. The fourth-order valence-electron chi connectivity index (χ4n) is 0.451. The van der Waals surface area contributed by atoms with E-state index in [0.29, 0.717) is 0 Å². The molecule has 6 N–H and O–H groups in total. The van der Waals surface area contributed by atoms with E-state index in [1.54, 1.807) is 0 Å². The molecule has 0 unspecified atom stereocenters. The van der Waals surface area contributed by atoms with E-state index in [2.05, 4.69) is 17.2 Å². The lowest BCUT2D eigenvalue weighted by Gasteiger charge is -1.86. The topological polar surface area (TPSA) is 84.3 Å². The number of hydroxylamine groups is 1. The number of hydrogen-bond donors (Lipinski definition) is 4. The largest absolute Gasteiger partial charge is 0.317 e. The van der Waals surface area contributed by atoms with Crippen molar-refractivity contribution in [3.05, 3.63) is 0 Å². The first kappa shape index (κ1) is 11.9. The lowest BCUT2D eigenvalue weighted by Crippen LogP contribution is -2.09. The van der Waals surface area contributed by atoms with E-state index in [1.165, 1.54) is 12.8 Å². The van der Waals surface area contributed by atoms with Gasteiger partial charge in [0.2, 0.25) is 0 Å². The number of halogens is 1. The van der Waals surface area contributed by atoms with Gasteiger partial charge in [-0.15, -0.1) is 12.4 Å². The molecule has 0 aliphatic heterocycles. The van der Waals surface area contributed by atoms with E-state index in [4.69, 9.17) is 5.21 Å². The molecule has 0 radical (unpaired) electrons. The van der Waals surface area contributed by atoms with Crippen molar-refractivity contribution in [1.29, 1.82) is 0 Å². The second kappa shape index (κ2) is 8.13. The number of nitrogens with one attached hydrogen (secondary N) is 1. The van der Waals surface area contributed by atoms with Crippen LogP contribution in [0.15, 0.2) is 0 Å². The van der Waals surface area contributed by atoms with Crippen molar-refractivity contribution in [3.8, 4) is 0 Å². The molecular formula is C4H14ClN3O. The summed E-state index contributed by atoms with van der Waals surface area (Å²) in [5.74, 6) is 8.79. The van der Waals surface area contributed by atoms with Gasteiger partial charge >= 0.3 is 0 Å². The Kier molecular flexibility index (Phi) is 10.7. The molecule has 0 aromatic heterocycles. The first-order valence-electron chi connectivity index (χ1n) is 2.64. The molecule has 0 amide bonds. The zero-order chi connectivity index (χ0) is 6.41. The van der Waals surface area contributed by atoms with E-state index in [0.717, 1.165) is 12.5 Å². The molecule has 0 saturated heterocycles. The first-order valence-corrected chi connectivity index (χ1v) is 2.64. The zero-order valence-electron chi connectivity index (χ0n) is 5.21. The molecule has 0 aromatic carbocycles. The summed E-state index contributed by atoms with van der Waals surface area (Å²) in [5.41, 5.74) is 2.13. The Balaban J connectivity index is 0. The lowest BCUT2D eigenvalue weighted by molar-refractivity contribution is 0.162. The van der Waals surface area contributed by atoms with E-state index < -0.39 is 0 Å². The van der Waals surface area contributed by atoms with Gasteiger partial charge in [-0.25, -0.2) is 5.48 Å². The van der Waals surface area contributed by atoms with E-state index in [9.17, 15) is 0 Å². The monoisotopic (exact) mass is 155 g/mol. The Morgan fingerprint density at radius 1 is 1.44 bits per heavy atom. The molecule has 58 valence electrons. The molecule has 5 heteroatoms. The van der Waals surface area contributed by atoms with Gasteiger partial charge in [-0.2, -0.15) is 0 Å². The van der Waals surface area contributed by atoms with Gasteiger partial charge in [0.05, 0.1) is 0 Å². The van der Waals surface area contributed by atoms with Crippen LogP contribution in [0.2, 0.25) is 0 Å². The van der Waals surface area contributed by atoms with Crippen molar-refractivity contribution < 1.29 is 5.21 Å². The van der Waals surface area contributed by atoms with E-state index in [-0.39, 0.29) is 12.4 Å². The summed E-state index contributed by atoms with van der Waals surface area (Å²) in [6, 6.07) is 0. The lowest BCUT2D eigenvalue weighted by atomic mass is 10.4. The third-order valence-electron chi connectivity index (χ3n) is 1.08. The summed E-state index contributed by atoms with van der Waals surface area (Å²) in [6.45, 7) is 0.792. The van der Waals surface area contributed by atoms with Crippen LogP contribution < -0.4 is 17.2 Å². The van der Waals surface area contributed by atoms with Gasteiger partial charge in [0.25, 0.3) is 0 Å². The molecule has 0 spiro atoms. The first-order chi connectivity index (χ1) is 3.93. The van der Waals surface area contributed by atoms with Crippen LogP contribution in [0.25, 0.3) is 0 Å². The van der Waals surface area contributed by atoms with Gasteiger partial charge in [0.15, 0.2) is 0 Å². The third kappa shape index (κ3) is 8.13. The molecule has 1 aliphatic rings. The summed E-state index contributed by atoms with van der Waals surface area (Å²) in [7, 11) is 0. The predicted octanol–water partition coefficient (Wildman–Crippen LogP) is -0.384. The molecule has 4 nitrogen and oxygen atoms in total. The Hall–Kier alpha value is 0.130. The van der Waals surface area contributed by atoms with Crippen LogP contribution in [0, 0.1) is 5.92 Å². The number of hydrogen-bond acceptors (Lipinski definition) is 4. The molecule has 0 aromatic rings. The molecule has 0 heterocycles. The highest BCUT2D eigenvalue weighted by Gasteiger charge is 2.19. The van der Waals surface area contributed by atoms with Crippen LogP contribution in [0.5, 0.6) is 0 Å². The average Bonchev–Trinajstić information content (AvgIpc) is 2.57. The van der Waals surface area contributed by atoms with E-state index >= 15 is 0 Å². The minimum Gasteiger partial charge on any atom is -0.317 e. The van der Waals surface area contributed by atoms with Crippen LogP contribution in [0.1, 0.15) is 12.8 Å². The van der Waals surface area contributed by atoms with Gasteiger partial charge in [-0.3, -0.25) is 11.7 Å². The van der Waals surface area contributed by atoms with Crippen molar-refractivity contribution in [3.63, 3.8) is 0 Å². The SMILES string of the molecule is Cl.NN.ONCC1CC1. The minimum atomic E-state index is 0. The average molecular weight is 156 g/mol. The van der Waals surface area contributed by atoms with Gasteiger partial charge in [0.1, 0.15) is 0 Å². The van der Waals surface area contributed by atoms with Crippen molar-refractivity contribution in [1.82, 2.24) is 5.48 Å². The summed E-state index contributed by atoms with van der Waals surface area (Å²) in [4.78, 5) is 0. The Morgan fingerprint density at radius 3 is 2.00 bits per heavy atom. The zero-order valence-corrected chi connectivity index (χ0v) is 6.03. The molecule has 1 fully saturated rings. The second-order valence-corrected chi connectivity index (χ2v) is 1.81. The maximum atomic E-state index is 8.03. The smallest absolute Gasteiger partial charge is 0.0235 e. The quantitative estimate of drug-likeness (QED) is 0.324. The standard InChI is InChI=1S/C4H9NO.ClH.H4N2/c6-5-3-4-1-2-4;;1-2/h4-6H,1-3H2;1H;1-2H2. The Morgan fingerprint density at radius 2 is 1.89 bits per heavy atom. The van der Waals surface area contributed by atoms with Gasteiger partial charge in [-0.05, 0) is 18.8 Å². The molecule has 1 saturated carbocycles. The Bertz CT molecular complexity index is 51.1. The molecule has 0 atom stereocenters. The summed E-state index contributed by atoms with van der Waals surface area (Å²) in [6.07, 6.45) is 2.60. The van der Waals surface area contributed by atoms with Crippen LogP contribution in [-0.4, -0.2) is 11.8 Å². The van der Waals surface area contributed by atoms with Gasteiger partial charge in [-0.1, -0.05) is 0 Å². The number of rotatable bonds is 2. The second-order valence-electron chi connectivity index (χ2n) is 1.81. The molecule has 1 rings (SSSR count). The molecule has 1 aliphatic carbocycles. The fraction of sp³-hybridized carbons (Fsp3) is 1.00. The highest BCUT2D eigenvalue weighted by Crippen LogP contribution is 2.27. The highest BCUT2D eigenvalue weighted by molar-refractivity contribution is 5.85. The van der Waals surface area contributed by atoms with Crippen LogP contribution in [-0.2, 0) is 0 Å². The van der Waals surface area contributed by atoms with Crippen molar-refractivity contribution in [2.24, 2.45) is 17.6 Å². The van der Waals surface area contributed by atoms with E-state index in [1.807, 2.05) is 0 Å². The van der Waals surface area contributed by atoms with Crippen molar-refractivity contribution in [2.45, 2.75) is 12.8 Å². The van der Waals surface area contributed by atoms with Crippen molar-refractivity contribution in [2.75, 3.05) is 6.54 Å². The normalized spacial score (nSPS) is 15.0. The maximum Gasteiger partial charge on any atom is 0.0235 e. The third-order valence-corrected chi connectivity index (χ3v) is 1.08. The fourth-order valence-corrected chi connectivity index (χ4v) is 0.451. The maximum absolute atomic E-state index is 8.03. The molecule has 0 bridgehead atoms. The predicted molar refractivity (Wildman–Crippen MR) is 38.1 cm³/mol. The number of hydrazine groups is 1. The molecular weight excluding hydrogens is 142 g/mol.